The summed E-state index contributed by atoms with van der Waals surface area (Å²) in [6, 6.07) is 9.22. The van der Waals surface area contributed by atoms with Crippen molar-refractivity contribution in [3.63, 3.8) is 0 Å². The molecule has 0 bridgehead atoms. The smallest absolute Gasteiger partial charge is 0.151 e. The van der Waals surface area contributed by atoms with Gasteiger partial charge < -0.3 is 4.90 Å². The maximum absolute atomic E-state index is 10.6. The van der Waals surface area contributed by atoms with Crippen LogP contribution in [0.5, 0.6) is 0 Å². The predicted octanol–water partition coefficient (Wildman–Crippen LogP) is 4.73. The van der Waals surface area contributed by atoms with Gasteiger partial charge in [0.05, 0.1) is 10.7 Å². The first-order chi connectivity index (χ1) is 10.4. The fraction of sp³-hybridized carbons (Fsp3) is 0.333. The number of nitrogens with zero attached hydrogens (tertiary/aromatic N) is 2. The molecule has 0 N–H and O–H groups in total. The molecule has 0 fully saturated rings. The van der Waals surface area contributed by atoms with Crippen LogP contribution >= 0.6 is 11.6 Å². The Kier molecular flexibility index (Phi) is 10.1. The van der Waals surface area contributed by atoms with Crippen LogP contribution in [-0.2, 0) is 0 Å². The summed E-state index contributed by atoms with van der Waals surface area (Å²) in [5.74, 6) is 0. The molecule has 0 saturated heterocycles. The molecule has 2 rings (SSSR count). The first kappa shape index (κ1) is 20.3. The molecule has 0 atom stereocenters. The van der Waals surface area contributed by atoms with Gasteiger partial charge in [-0.1, -0.05) is 37.6 Å². The maximum Gasteiger partial charge on any atom is 0.151 e. The average Bonchev–Trinajstić information content (AvgIpc) is 2.49. The summed E-state index contributed by atoms with van der Waals surface area (Å²) in [4.78, 5) is 16.9. The number of aromatic nitrogens is 1. The highest BCUT2D eigenvalue weighted by Gasteiger charge is 2.03. The van der Waals surface area contributed by atoms with Crippen molar-refractivity contribution in [1.82, 2.24) is 9.88 Å². The number of hydrogen-bond acceptors (Lipinski definition) is 3. The third-order valence-electron chi connectivity index (χ3n) is 2.33. The first-order valence-electron chi connectivity index (χ1n) is 7.22. The van der Waals surface area contributed by atoms with Crippen LogP contribution in [0.4, 0.5) is 0 Å². The SMILES string of the molecule is CC.CN(C)C.Cc1ccc(-c2ccc(C=O)c(Cl)c2)nc1. The van der Waals surface area contributed by atoms with Gasteiger partial charge in [0.15, 0.2) is 6.29 Å². The van der Waals surface area contributed by atoms with Crippen LogP contribution in [0.15, 0.2) is 36.5 Å². The monoisotopic (exact) mass is 320 g/mol. The van der Waals surface area contributed by atoms with Crippen molar-refractivity contribution >= 4 is 17.9 Å². The Balaban J connectivity index is 0.000000640. The number of pyridine rings is 1. The Bertz CT molecular complexity index is 563. The fourth-order valence-corrected chi connectivity index (χ4v) is 1.65. The summed E-state index contributed by atoms with van der Waals surface area (Å²) < 4.78 is 0. The summed E-state index contributed by atoms with van der Waals surface area (Å²) in [6.07, 6.45) is 2.55. The lowest BCUT2D eigenvalue weighted by Crippen LogP contribution is -1.99. The molecular formula is C18H25ClN2O. The molecule has 1 aromatic carbocycles. The zero-order chi connectivity index (χ0) is 17.1. The van der Waals surface area contributed by atoms with E-state index in [2.05, 4.69) is 4.98 Å². The van der Waals surface area contributed by atoms with Gasteiger partial charge >= 0.3 is 0 Å². The average molecular weight is 321 g/mol. The van der Waals surface area contributed by atoms with Gasteiger partial charge in [0.1, 0.15) is 0 Å². The van der Waals surface area contributed by atoms with Gasteiger partial charge in [0.2, 0.25) is 0 Å². The maximum atomic E-state index is 10.6. The van der Waals surface area contributed by atoms with Gasteiger partial charge in [0, 0.05) is 17.3 Å². The van der Waals surface area contributed by atoms with Crippen molar-refractivity contribution in [2.24, 2.45) is 0 Å². The third-order valence-corrected chi connectivity index (χ3v) is 2.66. The molecular weight excluding hydrogens is 296 g/mol. The molecule has 0 radical (unpaired) electrons. The topological polar surface area (TPSA) is 33.2 Å². The molecule has 0 aliphatic rings. The quantitative estimate of drug-likeness (QED) is 0.750. The van der Waals surface area contributed by atoms with E-state index >= 15 is 0 Å². The van der Waals surface area contributed by atoms with Gasteiger partial charge in [0.25, 0.3) is 0 Å². The Morgan fingerprint density at radius 3 is 2.09 bits per heavy atom. The van der Waals surface area contributed by atoms with Crippen LogP contribution in [0, 0.1) is 6.92 Å². The highest BCUT2D eigenvalue weighted by atomic mass is 35.5. The lowest BCUT2D eigenvalue weighted by molar-refractivity contribution is 0.112. The van der Waals surface area contributed by atoms with E-state index in [0.29, 0.717) is 10.6 Å². The number of carbonyl (C=O) groups excluding carboxylic acids is 1. The molecule has 3 nitrogen and oxygen atoms in total. The number of rotatable bonds is 2. The first-order valence-corrected chi connectivity index (χ1v) is 7.60. The molecule has 0 saturated carbocycles. The van der Waals surface area contributed by atoms with Crippen molar-refractivity contribution in [1.29, 1.82) is 0 Å². The number of aryl methyl sites for hydroxylation is 1. The number of carbonyl (C=O) groups is 1. The Morgan fingerprint density at radius 2 is 1.68 bits per heavy atom. The molecule has 22 heavy (non-hydrogen) atoms. The van der Waals surface area contributed by atoms with Crippen LogP contribution in [0.25, 0.3) is 11.3 Å². The second-order valence-electron chi connectivity index (χ2n) is 4.92. The van der Waals surface area contributed by atoms with Gasteiger partial charge in [-0.05, 0) is 51.8 Å². The van der Waals surface area contributed by atoms with Gasteiger partial charge in [-0.15, -0.1) is 0 Å². The third kappa shape index (κ3) is 7.34. The van der Waals surface area contributed by atoms with Crippen LogP contribution in [0.2, 0.25) is 5.02 Å². The van der Waals surface area contributed by atoms with Crippen LogP contribution in [0.1, 0.15) is 29.8 Å². The molecule has 0 aliphatic heterocycles. The van der Waals surface area contributed by atoms with E-state index in [1.54, 1.807) is 18.3 Å². The Morgan fingerprint density at radius 1 is 1.09 bits per heavy atom. The minimum atomic E-state index is 0.454. The number of aldehydes is 1. The highest BCUT2D eigenvalue weighted by Crippen LogP contribution is 2.23. The molecule has 0 aliphatic carbocycles. The largest absolute Gasteiger partial charge is 0.312 e. The highest BCUT2D eigenvalue weighted by molar-refractivity contribution is 6.33. The van der Waals surface area contributed by atoms with Crippen molar-refractivity contribution in [2.75, 3.05) is 21.1 Å². The Hall–Kier alpha value is -1.71. The summed E-state index contributed by atoms with van der Waals surface area (Å²) >= 11 is 5.95. The van der Waals surface area contributed by atoms with E-state index in [-0.39, 0.29) is 0 Å². The minimum absolute atomic E-state index is 0.454. The summed E-state index contributed by atoms with van der Waals surface area (Å²) in [6.45, 7) is 5.99. The second kappa shape index (κ2) is 10.9. The molecule has 4 heteroatoms. The second-order valence-corrected chi connectivity index (χ2v) is 5.32. The van der Waals surface area contributed by atoms with E-state index < -0.39 is 0 Å². The number of hydrogen-bond donors (Lipinski definition) is 0. The lowest BCUT2D eigenvalue weighted by atomic mass is 10.1. The van der Waals surface area contributed by atoms with Crippen molar-refractivity contribution in [2.45, 2.75) is 20.8 Å². The molecule has 120 valence electrons. The van der Waals surface area contributed by atoms with Gasteiger partial charge in [-0.3, -0.25) is 9.78 Å². The van der Waals surface area contributed by atoms with Crippen LogP contribution in [-0.4, -0.2) is 37.3 Å². The number of halogens is 1. The minimum Gasteiger partial charge on any atom is -0.312 e. The van der Waals surface area contributed by atoms with Crippen molar-refractivity contribution < 1.29 is 4.79 Å². The van der Waals surface area contributed by atoms with E-state index in [1.807, 2.05) is 65.0 Å². The zero-order valence-corrected chi connectivity index (χ0v) is 15.0. The normalized spacial score (nSPS) is 9.27. The molecule has 1 heterocycles. The van der Waals surface area contributed by atoms with E-state index in [9.17, 15) is 4.79 Å². The van der Waals surface area contributed by atoms with E-state index in [1.165, 1.54) is 0 Å². The molecule has 0 spiro atoms. The summed E-state index contributed by atoms with van der Waals surface area (Å²) in [5.41, 5.74) is 3.37. The zero-order valence-electron chi connectivity index (χ0n) is 14.2. The lowest BCUT2D eigenvalue weighted by Gasteiger charge is -2.03. The fourth-order valence-electron chi connectivity index (χ4n) is 1.42. The van der Waals surface area contributed by atoms with E-state index in [0.717, 1.165) is 23.1 Å². The molecule has 2 aromatic rings. The van der Waals surface area contributed by atoms with Crippen molar-refractivity contribution in [3.8, 4) is 11.3 Å². The molecule has 1 aromatic heterocycles. The summed E-state index contributed by atoms with van der Waals surface area (Å²) in [5, 5.41) is 0.454. The standard InChI is InChI=1S/C13H10ClNO.C3H9N.C2H6/c1-9-2-5-13(15-7-9)10-3-4-11(8-16)12(14)6-10;1-4(2)3;1-2/h2-8H,1H3;1-3H3;1-2H3. The number of benzene rings is 1. The predicted molar refractivity (Wildman–Crippen MR) is 95.8 cm³/mol. The Labute approximate surface area is 138 Å². The van der Waals surface area contributed by atoms with E-state index in [4.69, 9.17) is 11.6 Å². The van der Waals surface area contributed by atoms with Gasteiger partial charge in [-0.2, -0.15) is 0 Å². The van der Waals surface area contributed by atoms with Gasteiger partial charge in [-0.25, -0.2) is 0 Å². The van der Waals surface area contributed by atoms with Crippen LogP contribution < -0.4 is 0 Å². The van der Waals surface area contributed by atoms with Crippen LogP contribution in [0.3, 0.4) is 0 Å². The van der Waals surface area contributed by atoms with Crippen molar-refractivity contribution in [3.05, 3.63) is 52.7 Å². The molecule has 0 amide bonds. The summed E-state index contributed by atoms with van der Waals surface area (Å²) in [7, 11) is 6.00. The molecule has 0 unspecified atom stereocenters.